The largest absolute Gasteiger partial charge is 0.361 e. The van der Waals surface area contributed by atoms with Crippen molar-refractivity contribution < 1.29 is 9.32 Å². The molecule has 1 fully saturated rings. The second kappa shape index (κ2) is 7.19. The van der Waals surface area contributed by atoms with Crippen LogP contribution >= 0.6 is 0 Å². The first-order valence-electron chi connectivity index (χ1n) is 9.60. The Bertz CT molecular complexity index is 944. The van der Waals surface area contributed by atoms with Crippen LogP contribution in [0, 0.1) is 13.8 Å². The Morgan fingerprint density at radius 1 is 1.15 bits per heavy atom. The molecule has 0 aliphatic carbocycles. The van der Waals surface area contributed by atoms with E-state index in [4.69, 9.17) is 4.52 Å². The molecule has 2 aromatic heterocycles. The van der Waals surface area contributed by atoms with Crippen LogP contribution in [0.1, 0.15) is 34.4 Å². The van der Waals surface area contributed by atoms with Gasteiger partial charge in [-0.25, -0.2) is 0 Å². The molecule has 27 heavy (non-hydrogen) atoms. The third-order valence-electron chi connectivity index (χ3n) is 5.57. The quantitative estimate of drug-likeness (QED) is 0.711. The van der Waals surface area contributed by atoms with Gasteiger partial charge in [-0.1, -0.05) is 23.4 Å². The van der Waals surface area contributed by atoms with Gasteiger partial charge in [-0.05, 0) is 32.9 Å². The highest BCUT2D eigenvalue weighted by Crippen LogP contribution is 2.22. The lowest BCUT2D eigenvalue weighted by molar-refractivity contribution is 0.0617. The number of benzene rings is 1. The van der Waals surface area contributed by atoms with Crippen molar-refractivity contribution in [1.29, 1.82) is 0 Å². The van der Waals surface area contributed by atoms with Crippen molar-refractivity contribution in [3.63, 3.8) is 0 Å². The average Bonchev–Trinajstić information content (AvgIpc) is 3.22. The highest BCUT2D eigenvalue weighted by Gasteiger charge is 2.26. The Balaban J connectivity index is 1.46. The minimum atomic E-state index is 0.130. The van der Waals surface area contributed by atoms with Gasteiger partial charge in [0.2, 0.25) is 0 Å². The van der Waals surface area contributed by atoms with E-state index in [0.29, 0.717) is 0 Å². The van der Waals surface area contributed by atoms with Crippen molar-refractivity contribution in [3.05, 3.63) is 53.0 Å². The molecule has 0 saturated carbocycles. The SMILES string of the molecule is CCn1c(C(=O)N2CCN(Cc3c(C)noc3C)CC2)cc2ccccc21. The van der Waals surface area contributed by atoms with Gasteiger partial charge in [0, 0.05) is 55.7 Å². The van der Waals surface area contributed by atoms with Crippen LogP contribution in [-0.2, 0) is 13.1 Å². The molecule has 1 saturated heterocycles. The summed E-state index contributed by atoms with van der Waals surface area (Å²) in [7, 11) is 0. The van der Waals surface area contributed by atoms with Crippen LogP contribution in [0.15, 0.2) is 34.9 Å². The topological polar surface area (TPSA) is 54.5 Å². The summed E-state index contributed by atoms with van der Waals surface area (Å²) in [6, 6.07) is 10.2. The van der Waals surface area contributed by atoms with Crippen molar-refractivity contribution in [3.8, 4) is 0 Å². The Hall–Kier alpha value is -2.60. The number of amides is 1. The number of para-hydroxylation sites is 1. The molecule has 1 amide bonds. The number of aromatic nitrogens is 2. The van der Waals surface area contributed by atoms with Crippen molar-refractivity contribution in [2.75, 3.05) is 26.2 Å². The second-order valence-electron chi connectivity index (χ2n) is 7.20. The van der Waals surface area contributed by atoms with E-state index in [1.54, 1.807) is 0 Å². The van der Waals surface area contributed by atoms with Crippen molar-refractivity contribution in [1.82, 2.24) is 19.5 Å². The zero-order valence-corrected chi connectivity index (χ0v) is 16.2. The summed E-state index contributed by atoms with van der Waals surface area (Å²) in [6.45, 7) is 10.9. The first-order valence-corrected chi connectivity index (χ1v) is 9.60. The minimum Gasteiger partial charge on any atom is -0.361 e. The van der Waals surface area contributed by atoms with Gasteiger partial charge >= 0.3 is 0 Å². The number of carbonyl (C=O) groups excluding carboxylic acids is 1. The van der Waals surface area contributed by atoms with Crippen LogP contribution < -0.4 is 0 Å². The number of rotatable bonds is 4. The number of carbonyl (C=O) groups is 1. The second-order valence-corrected chi connectivity index (χ2v) is 7.20. The van der Waals surface area contributed by atoms with Crippen molar-refractivity contribution >= 4 is 16.8 Å². The molecule has 3 heterocycles. The van der Waals surface area contributed by atoms with Gasteiger partial charge in [-0.3, -0.25) is 9.69 Å². The summed E-state index contributed by atoms with van der Waals surface area (Å²) in [5.41, 5.74) is 4.04. The molecule has 6 heteroatoms. The van der Waals surface area contributed by atoms with Gasteiger partial charge in [0.15, 0.2) is 0 Å². The van der Waals surface area contributed by atoms with E-state index in [0.717, 1.165) is 67.3 Å². The van der Waals surface area contributed by atoms with Gasteiger partial charge in [0.1, 0.15) is 11.5 Å². The summed E-state index contributed by atoms with van der Waals surface area (Å²) in [6.07, 6.45) is 0. The predicted octanol–water partition coefficient (Wildman–Crippen LogP) is 3.22. The summed E-state index contributed by atoms with van der Waals surface area (Å²) < 4.78 is 7.38. The van der Waals surface area contributed by atoms with Crippen LogP contribution in [0.4, 0.5) is 0 Å². The third-order valence-corrected chi connectivity index (χ3v) is 5.57. The summed E-state index contributed by atoms with van der Waals surface area (Å²) in [5.74, 6) is 1.02. The summed E-state index contributed by atoms with van der Waals surface area (Å²) in [5, 5.41) is 5.16. The van der Waals surface area contributed by atoms with E-state index in [-0.39, 0.29) is 5.91 Å². The van der Waals surface area contributed by atoms with E-state index in [1.807, 2.05) is 36.9 Å². The van der Waals surface area contributed by atoms with Crippen molar-refractivity contribution in [2.24, 2.45) is 0 Å². The normalized spacial score (nSPS) is 15.6. The number of aryl methyl sites for hydroxylation is 3. The van der Waals surface area contributed by atoms with Gasteiger partial charge in [-0.15, -0.1) is 0 Å². The number of fused-ring (bicyclic) bond motifs is 1. The van der Waals surface area contributed by atoms with Gasteiger partial charge in [0.25, 0.3) is 5.91 Å². The molecule has 0 spiro atoms. The van der Waals surface area contributed by atoms with E-state index in [2.05, 4.69) is 33.7 Å². The first-order chi connectivity index (χ1) is 13.1. The monoisotopic (exact) mass is 366 g/mol. The maximum absolute atomic E-state index is 13.1. The number of hydrogen-bond donors (Lipinski definition) is 0. The lowest BCUT2D eigenvalue weighted by atomic mass is 10.1. The maximum Gasteiger partial charge on any atom is 0.270 e. The molecule has 3 aromatic rings. The van der Waals surface area contributed by atoms with Crippen molar-refractivity contribution in [2.45, 2.75) is 33.9 Å². The molecule has 0 radical (unpaired) electrons. The molecular weight excluding hydrogens is 340 g/mol. The highest BCUT2D eigenvalue weighted by atomic mass is 16.5. The maximum atomic E-state index is 13.1. The minimum absolute atomic E-state index is 0.130. The molecule has 1 aliphatic rings. The number of nitrogens with zero attached hydrogens (tertiary/aromatic N) is 4. The molecule has 6 nitrogen and oxygen atoms in total. The van der Waals surface area contributed by atoms with Crippen LogP contribution in [0.25, 0.3) is 10.9 Å². The van der Waals surface area contributed by atoms with Crippen LogP contribution in [-0.4, -0.2) is 51.6 Å². The Morgan fingerprint density at radius 2 is 1.89 bits per heavy atom. The van der Waals surface area contributed by atoms with Gasteiger partial charge < -0.3 is 14.0 Å². The van der Waals surface area contributed by atoms with Crippen LogP contribution in [0.5, 0.6) is 0 Å². The Labute approximate surface area is 159 Å². The Morgan fingerprint density at radius 3 is 2.56 bits per heavy atom. The molecule has 0 N–H and O–H groups in total. The fourth-order valence-electron chi connectivity index (χ4n) is 3.95. The van der Waals surface area contributed by atoms with E-state index < -0.39 is 0 Å². The Kier molecular flexibility index (Phi) is 4.74. The molecule has 1 aromatic carbocycles. The summed E-state index contributed by atoms with van der Waals surface area (Å²) >= 11 is 0. The third kappa shape index (κ3) is 3.25. The zero-order valence-electron chi connectivity index (χ0n) is 16.2. The van der Waals surface area contributed by atoms with Crippen LogP contribution in [0.3, 0.4) is 0 Å². The molecule has 1 aliphatic heterocycles. The zero-order chi connectivity index (χ0) is 19.0. The van der Waals surface area contributed by atoms with E-state index in [1.165, 1.54) is 5.56 Å². The fraction of sp³-hybridized carbons (Fsp3) is 0.429. The average molecular weight is 366 g/mol. The van der Waals surface area contributed by atoms with Gasteiger partial charge in [0.05, 0.1) is 5.69 Å². The first kappa shape index (κ1) is 17.8. The molecule has 4 rings (SSSR count). The lowest BCUT2D eigenvalue weighted by Gasteiger charge is -2.34. The van der Waals surface area contributed by atoms with Gasteiger partial charge in [-0.2, -0.15) is 0 Å². The van der Waals surface area contributed by atoms with E-state index in [9.17, 15) is 4.79 Å². The predicted molar refractivity (Wildman–Crippen MR) is 105 cm³/mol. The summed E-state index contributed by atoms with van der Waals surface area (Å²) in [4.78, 5) is 17.5. The lowest BCUT2D eigenvalue weighted by Crippen LogP contribution is -2.48. The molecular formula is C21H26N4O2. The molecule has 0 atom stereocenters. The van der Waals surface area contributed by atoms with Crippen LogP contribution in [0.2, 0.25) is 0 Å². The van der Waals surface area contributed by atoms with E-state index >= 15 is 0 Å². The molecule has 0 unspecified atom stereocenters. The molecule has 0 bridgehead atoms. The number of piperazine rings is 1. The number of hydrogen-bond acceptors (Lipinski definition) is 4. The highest BCUT2D eigenvalue weighted by molar-refractivity contribution is 5.98. The smallest absolute Gasteiger partial charge is 0.270 e. The standard InChI is InChI=1S/C21H26N4O2/c1-4-25-19-8-6-5-7-17(19)13-20(25)21(26)24-11-9-23(10-12-24)14-18-15(2)22-27-16(18)3/h5-8,13H,4,9-12,14H2,1-3H3. The molecule has 142 valence electrons. The fourth-order valence-corrected chi connectivity index (χ4v) is 3.95.